The lowest BCUT2D eigenvalue weighted by atomic mass is 9.99. The number of hydrogen-bond acceptors (Lipinski definition) is 5. The molecule has 3 rings (SSSR count). The fourth-order valence-corrected chi connectivity index (χ4v) is 3.89. The summed E-state index contributed by atoms with van der Waals surface area (Å²) in [6.45, 7) is 6.62. The van der Waals surface area contributed by atoms with Crippen molar-refractivity contribution in [1.82, 2.24) is 9.97 Å². The molecule has 6 heteroatoms. The highest BCUT2D eigenvalue weighted by atomic mass is 32.1. The van der Waals surface area contributed by atoms with E-state index in [0.717, 1.165) is 34.6 Å². The molecule has 1 saturated heterocycles. The molecule has 0 saturated carbocycles. The fraction of sp³-hybridized carbons (Fsp3) is 0.500. The molecule has 1 fully saturated rings. The summed E-state index contributed by atoms with van der Waals surface area (Å²) in [5, 5.41) is 10.6. The van der Waals surface area contributed by atoms with E-state index in [0.29, 0.717) is 6.42 Å². The van der Waals surface area contributed by atoms with Crippen molar-refractivity contribution in [3.05, 3.63) is 16.8 Å². The summed E-state index contributed by atoms with van der Waals surface area (Å²) in [4.78, 5) is 24.4. The molecule has 106 valence electrons. The Morgan fingerprint density at radius 3 is 2.90 bits per heavy atom. The Hall–Kier alpha value is -1.69. The van der Waals surface area contributed by atoms with Crippen molar-refractivity contribution in [3.63, 3.8) is 0 Å². The summed E-state index contributed by atoms with van der Waals surface area (Å²) < 4.78 is 0. The number of aryl methyl sites for hydroxylation is 2. The first-order valence-electron chi connectivity index (χ1n) is 6.67. The first-order chi connectivity index (χ1) is 9.45. The SMILES string of the molecule is Cc1sc2ncnc(N3CCCC3(C)C(=O)O)c2c1C. The van der Waals surface area contributed by atoms with Gasteiger partial charge >= 0.3 is 5.97 Å². The van der Waals surface area contributed by atoms with E-state index in [4.69, 9.17) is 0 Å². The molecule has 0 radical (unpaired) electrons. The average molecular weight is 291 g/mol. The maximum atomic E-state index is 11.7. The van der Waals surface area contributed by atoms with Crippen molar-refractivity contribution < 1.29 is 9.90 Å². The molecule has 1 atom stereocenters. The highest BCUT2D eigenvalue weighted by Gasteiger charge is 2.44. The number of rotatable bonds is 2. The summed E-state index contributed by atoms with van der Waals surface area (Å²) in [5.74, 6) is -0.0226. The minimum Gasteiger partial charge on any atom is -0.480 e. The number of carboxylic acids is 1. The third kappa shape index (κ3) is 1.71. The molecule has 0 aliphatic carbocycles. The zero-order chi connectivity index (χ0) is 14.5. The van der Waals surface area contributed by atoms with Crippen molar-refractivity contribution in [3.8, 4) is 0 Å². The van der Waals surface area contributed by atoms with Gasteiger partial charge in [-0.1, -0.05) is 0 Å². The molecule has 0 aromatic carbocycles. The summed E-state index contributed by atoms with van der Waals surface area (Å²) in [5.41, 5.74) is 0.282. The van der Waals surface area contributed by atoms with E-state index in [9.17, 15) is 9.90 Å². The van der Waals surface area contributed by atoms with Crippen molar-refractivity contribution in [2.45, 2.75) is 39.2 Å². The second-order valence-corrected chi connectivity index (χ2v) is 6.70. The molecule has 1 N–H and O–H groups in total. The first-order valence-corrected chi connectivity index (χ1v) is 7.48. The van der Waals surface area contributed by atoms with E-state index in [1.165, 1.54) is 11.2 Å². The van der Waals surface area contributed by atoms with Gasteiger partial charge in [0.05, 0.1) is 5.39 Å². The highest BCUT2D eigenvalue weighted by Crippen LogP contribution is 2.40. The van der Waals surface area contributed by atoms with Crippen LogP contribution in [0.1, 0.15) is 30.2 Å². The van der Waals surface area contributed by atoms with Crippen molar-refractivity contribution >= 4 is 33.3 Å². The first kappa shape index (κ1) is 13.3. The van der Waals surface area contributed by atoms with Crippen LogP contribution in [0.15, 0.2) is 6.33 Å². The molecule has 0 amide bonds. The Labute approximate surface area is 121 Å². The fourth-order valence-electron chi connectivity index (χ4n) is 2.89. The van der Waals surface area contributed by atoms with E-state index < -0.39 is 11.5 Å². The maximum absolute atomic E-state index is 11.7. The van der Waals surface area contributed by atoms with Gasteiger partial charge in [0.15, 0.2) is 0 Å². The normalized spacial score (nSPS) is 22.6. The summed E-state index contributed by atoms with van der Waals surface area (Å²) >= 11 is 1.64. The van der Waals surface area contributed by atoms with Crippen LogP contribution in [0.3, 0.4) is 0 Å². The zero-order valence-electron chi connectivity index (χ0n) is 11.8. The molecule has 2 aromatic rings. The van der Waals surface area contributed by atoms with E-state index in [2.05, 4.69) is 23.8 Å². The topological polar surface area (TPSA) is 66.3 Å². The van der Waals surface area contributed by atoms with E-state index in [1.54, 1.807) is 18.3 Å². The number of carboxylic acid groups (broad SMARTS) is 1. The number of aliphatic carboxylic acids is 1. The van der Waals surface area contributed by atoms with Crippen LogP contribution in [-0.4, -0.2) is 33.1 Å². The Kier molecular flexibility index (Phi) is 2.93. The maximum Gasteiger partial charge on any atom is 0.329 e. The van der Waals surface area contributed by atoms with Crippen LogP contribution in [0.2, 0.25) is 0 Å². The van der Waals surface area contributed by atoms with E-state index in [1.807, 2.05) is 4.90 Å². The van der Waals surface area contributed by atoms with Gasteiger partial charge in [0.1, 0.15) is 22.5 Å². The number of thiophene rings is 1. The number of anilines is 1. The quantitative estimate of drug-likeness (QED) is 0.921. The Bertz CT molecular complexity index is 697. The lowest BCUT2D eigenvalue weighted by Gasteiger charge is -2.32. The number of nitrogens with zero attached hydrogens (tertiary/aromatic N) is 3. The number of fused-ring (bicyclic) bond motifs is 1. The number of hydrogen-bond donors (Lipinski definition) is 1. The Morgan fingerprint density at radius 1 is 1.45 bits per heavy atom. The lowest BCUT2D eigenvalue weighted by molar-refractivity contribution is -0.142. The molecule has 1 aliphatic heterocycles. The third-order valence-corrected chi connectivity index (χ3v) is 5.42. The largest absolute Gasteiger partial charge is 0.480 e. The van der Waals surface area contributed by atoms with Crippen LogP contribution < -0.4 is 4.90 Å². The van der Waals surface area contributed by atoms with Crippen molar-refractivity contribution in [1.29, 1.82) is 0 Å². The van der Waals surface area contributed by atoms with Crippen LogP contribution in [-0.2, 0) is 4.79 Å². The molecule has 20 heavy (non-hydrogen) atoms. The smallest absolute Gasteiger partial charge is 0.329 e. The van der Waals surface area contributed by atoms with Gasteiger partial charge in [-0.15, -0.1) is 11.3 Å². The summed E-state index contributed by atoms with van der Waals surface area (Å²) in [6, 6.07) is 0. The molecule has 5 nitrogen and oxygen atoms in total. The molecule has 2 aromatic heterocycles. The van der Waals surface area contributed by atoms with Crippen molar-refractivity contribution in [2.24, 2.45) is 0 Å². The van der Waals surface area contributed by atoms with Crippen LogP contribution in [0.4, 0.5) is 5.82 Å². The van der Waals surface area contributed by atoms with Gasteiger partial charge in [0, 0.05) is 11.4 Å². The zero-order valence-corrected chi connectivity index (χ0v) is 12.6. The van der Waals surface area contributed by atoms with Crippen LogP contribution in [0, 0.1) is 13.8 Å². The average Bonchev–Trinajstić information content (AvgIpc) is 2.93. The Morgan fingerprint density at radius 2 is 2.20 bits per heavy atom. The third-order valence-electron chi connectivity index (χ3n) is 4.30. The molecular weight excluding hydrogens is 274 g/mol. The lowest BCUT2D eigenvalue weighted by Crippen LogP contribution is -2.48. The summed E-state index contributed by atoms with van der Waals surface area (Å²) in [7, 11) is 0. The van der Waals surface area contributed by atoms with E-state index >= 15 is 0 Å². The predicted molar refractivity (Wildman–Crippen MR) is 79.5 cm³/mol. The number of carbonyl (C=O) groups is 1. The second kappa shape index (κ2) is 4.41. The van der Waals surface area contributed by atoms with Crippen LogP contribution in [0.25, 0.3) is 10.2 Å². The molecule has 3 heterocycles. The van der Waals surface area contributed by atoms with Gasteiger partial charge in [-0.3, -0.25) is 0 Å². The minimum atomic E-state index is -0.871. The van der Waals surface area contributed by atoms with Crippen LogP contribution in [0.5, 0.6) is 0 Å². The molecular formula is C14H17N3O2S. The second-order valence-electron chi connectivity index (χ2n) is 5.49. The van der Waals surface area contributed by atoms with Gasteiger partial charge in [0.2, 0.25) is 0 Å². The molecule has 0 bridgehead atoms. The monoisotopic (exact) mass is 291 g/mol. The Balaban J connectivity index is 2.22. The van der Waals surface area contributed by atoms with Crippen molar-refractivity contribution in [2.75, 3.05) is 11.4 Å². The van der Waals surface area contributed by atoms with Gasteiger partial charge in [0.25, 0.3) is 0 Å². The van der Waals surface area contributed by atoms with Crippen LogP contribution >= 0.6 is 11.3 Å². The standard InChI is InChI=1S/C14H17N3O2S/c1-8-9(2)20-12-10(8)11(15-7-16-12)17-6-4-5-14(17,3)13(18)19/h7H,4-6H2,1-3H3,(H,18,19). The van der Waals surface area contributed by atoms with Gasteiger partial charge in [-0.25, -0.2) is 14.8 Å². The molecule has 0 spiro atoms. The van der Waals surface area contributed by atoms with E-state index in [-0.39, 0.29) is 0 Å². The minimum absolute atomic E-state index is 0.649. The van der Waals surface area contributed by atoms with Gasteiger partial charge in [-0.05, 0) is 39.2 Å². The molecule has 1 unspecified atom stereocenters. The summed E-state index contributed by atoms with van der Waals surface area (Å²) in [6.07, 6.45) is 3.06. The van der Waals surface area contributed by atoms with Gasteiger partial charge in [-0.2, -0.15) is 0 Å². The highest BCUT2D eigenvalue weighted by molar-refractivity contribution is 7.18. The van der Waals surface area contributed by atoms with Gasteiger partial charge < -0.3 is 10.0 Å². The molecule has 1 aliphatic rings. The predicted octanol–water partition coefficient (Wildman–Crippen LogP) is 2.75. The number of aromatic nitrogens is 2.